The van der Waals surface area contributed by atoms with Crippen LogP contribution in [0.4, 0.5) is 5.82 Å². The van der Waals surface area contributed by atoms with Gasteiger partial charge < -0.3 is 0 Å². The predicted octanol–water partition coefficient (Wildman–Crippen LogP) is 3.22. The zero-order chi connectivity index (χ0) is 14.8. The molecule has 0 aliphatic carbocycles. The van der Waals surface area contributed by atoms with Crippen molar-refractivity contribution in [2.45, 2.75) is 6.04 Å². The summed E-state index contributed by atoms with van der Waals surface area (Å²) in [5, 5.41) is 9.85. The molecule has 0 spiro atoms. The fraction of sp³-hybridized carbons (Fsp3) is 0.154. The van der Waals surface area contributed by atoms with Gasteiger partial charge in [0.1, 0.15) is 6.04 Å². The summed E-state index contributed by atoms with van der Waals surface area (Å²) in [6, 6.07) is 4.34. The number of rotatable bonds is 3. The Bertz CT molecular complexity index is 707. The molecule has 3 rings (SSSR count). The second-order valence-electron chi connectivity index (χ2n) is 4.30. The largest absolute Gasteiger partial charge is 0.292 e. The Hall–Kier alpha value is -2.05. The van der Waals surface area contributed by atoms with Crippen LogP contribution in [0.1, 0.15) is 10.4 Å². The van der Waals surface area contributed by atoms with Crippen LogP contribution < -0.4 is 5.01 Å². The van der Waals surface area contributed by atoms with Crippen LogP contribution in [0.5, 0.6) is 0 Å². The molecule has 21 heavy (non-hydrogen) atoms. The van der Waals surface area contributed by atoms with Crippen molar-refractivity contribution in [3.05, 3.63) is 52.4 Å². The zero-order valence-electron chi connectivity index (χ0n) is 10.6. The van der Waals surface area contributed by atoms with Gasteiger partial charge in [0.25, 0.3) is 0 Å². The number of hydrogen-bond acceptors (Lipinski definition) is 6. The highest BCUT2D eigenvalue weighted by Gasteiger charge is 2.33. The Morgan fingerprint density at radius 3 is 2.90 bits per heavy atom. The molecule has 0 radical (unpaired) electrons. The first-order valence-corrected chi connectivity index (χ1v) is 6.85. The van der Waals surface area contributed by atoms with Crippen LogP contribution in [0.2, 0.25) is 10.0 Å². The van der Waals surface area contributed by atoms with Gasteiger partial charge in [0.05, 0.1) is 22.8 Å². The number of Topliss-reactive ketones (excluding diaryl/α,β-unsaturated/α-hetero) is 1. The van der Waals surface area contributed by atoms with Crippen molar-refractivity contribution in [3.63, 3.8) is 0 Å². The maximum atomic E-state index is 12.7. The third-order valence-electron chi connectivity index (χ3n) is 3.01. The SMILES string of the molecule is O=C(c1cccc(Cl)c1Cl)C1CN=NN1c1cnccn1. The standard InChI is InChI=1S/C13H9Cl2N5O/c14-9-3-1-2-8(12(9)15)13(21)10-6-18-19-20(10)11-7-16-4-5-17-11/h1-5,7,10H,6H2. The van der Waals surface area contributed by atoms with Crippen LogP contribution in [0.15, 0.2) is 47.1 Å². The predicted molar refractivity (Wildman–Crippen MR) is 78.8 cm³/mol. The van der Waals surface area contributed by atoms with E-state index in [4.69, 9.17) is 23.2 Å². The lowest BCUT2D eigenvalue weighted by Crippen LogP contribution is -2.37. The number of anilines is 1. The van der Waals surface area contributed by atoms with E-state index in [0.29, 0.717) is 16.4 Å². The molecule has 1 aromatic carbocycles. The van der Waals surface area contributed by atoms with E-state index in [1.807, 2.05) is 0 Å². The molecule has 2 heterocycles. The Labute approximate surface area is 130 Å². The first-order valence-electron chi connectivity index (χ1n) is 6.09. The van der Waals surface area contributed by atoms with E-state index >= 15 is 0 Å². The van der Waals surface area contributed by atoms with E-state index in [-0.39, 0.29) is 17.4 Å². The van der Waals surface area contributed by atoms with Crippen molar-refractivity contribution in [1.29, 1.82) is 0 Å². The first kappa shape index (κ1) is 13.9. The Morgan fingerprint density at radius 1 is 1.29 bits per heavy atom. The lowest BCUT2D eigenvalue weighted by atomic mass is 10.0. The minimum Gasteiger partial charge on any atom is -0.292 e. The normalized spacial score (nSPS) is 17.2. The summed E-state index contributed by atoms with van der Waals surface area (Å²) in [6.45, 7) is 0.234. The number of carbonyl (C=O) groups is 1. The molecule has 0 fully saturated rings. The third kappa shape index (κ3) is 2.59. The molecular weight excluding hydrogens is 313 g/mol. The lowest BCUT2D eigenvalue weighted by molar-refractivity contribution is 0.0966. The van der Waals surface area contributed by atoms with E-state index in [2.05, 4.69) is 20.3 Å². The van der Waals surface area contributed by atoms with Crippen molar-refractivity contribution < 1.29 is 4.79 Å². The smallest absolute Gasteiger partial charge is 0.191 e. The molecule has 0 bridgehead atoms. The third-order valence-corrected chi connectivity index (χ3v) is 3.83. The number of ketones is 1. The van der Waals surface area contributed by atoms with Gasteiger partial charge in [0, 0.05) is 18.0 Å². The number of nitrogens with zero attached hydrogens (tertiary/aromatic N) is 5. The van der Waals surface area contributed by atoms with Gasteiger partial charge >= 0.3 is 0 Å². The molecule has 1 unspecified atom stereocenters. The molecule has 0 amide bonds. The summed E-state index contributed by atoms with van der Waals surface area (Å²) in [5.74, 6) is 0.244. The molecule has 0 saturated heterocycles. The van der Waals surface area contributed by atoms with Gasteiger partial charge in [-0.15, -0.1) is 0 Å². The summed E-state index contributed by atoms with van der Waals surface area (Å²) in [4.78, 5) is 20.7. The Kier molecular flexibility index (Phi) is 3.81. The molecule has 1 aromatic heterocycles. The summed E-state index contributed by atoms with van der Waals surface area (Å²) in [6.07, 6.45) is 4.59. The van der Waals surface area contributed by atoms with Crippen LogP contribution in [0.25, 0.3) is 0 Å². The maximum absolute atomic E-state index is 12.7. The highest BCUT2D eigenvalue weighted by atomic mass is 35.5. The second kappa shape index (κ2) is 5.75. The van der Waals surface area contributed by atoms with Crippen LogP contribution in [-0.2, 0) is 0 Å². The number of aromatic nitrogens is 2. The van der Waals surface area contributed by atoms with Gasteiger partial charge in [-0.3, -0.25) is 9.78 Å². The van der Waals surface area contributed by atoms with Gasteiger partial charge in [0.2, 0.25) is 0 Å². The molecule has 0 N–H and O–H groups in total. The first-order chi connectivity index (χ1) is 10.2. The average molecular weight is 322 g/mol. The van der Waals surface area contributed by atoms with Crippen molar-refractivity contribution >= 4 is 34.8 Å². The van der Waals surface area contributed by atoms with Gasteiger partial charge in [-0.25, -0.2) is 9.99 Å². The van der Waals surface area contributed by atoms with E-state index in [0.717, 1.165) is 0 Å². The minimum atomic E-state index is -0.599. The fourth-order valence-electron chi connectivity index (χ4n) is 2.00. The van der Waals surface area contributed by atoms with Gasteiger partial charge in [-0.2, -0.15) is 5.11 Å². The van der Waals surface area contributed by atoms with Gasteiger partial charge in [-0.05, 0) is 12.1 Å². The van der Waals surface area contributed by atoms with Crippen LogP contribution in [-0.4, -0.2) is 28.3 Å². The topological polar surface area (TPSA) is 70.8 Å². The summed E-state index contributed by atoms with van der Waals surface area (Å²) in [5.41, 5.74) is 0.343. The number of hydrogen-bond donors (Lipinski definition) is 0. The van der Waals surface area contributed by atoms with Crippen molar-refractivity contribution in [1.82, 2.24) is 9.97 Å². The summed E-state index contributed by atoms with van der Waals surface area (Å²) in [7, 11) is 0. The molecule has 106 valence electrons. The van der Waals surface area contributed by atoms with E-state index in [9.17, 15) is 4.79 Å². The van der Waals surface area contributed by atoms with Crippen molar-refractivity contribution in [2.24, 2.45) is 10.3 Å². The second-order valence-corrected chi connectivity index (χ2v) is 5.09. The molecule has 0 saturated carbocycles. The van der Waals surface area contributed by atoms with Crippen molar-refractivity contribution in [2.75, 3.05) is 11.6 Å². The quantitative estimate of drug-likeness (QED) is 0.814. The molecular formula is C13H9Cl2N5O. The Balaban J connectivity index is 1.93. The molecule has 6 nitrogen and oxygen atoms in total. The van der Waals surface area contributed by atoms with Crippen LogP contribution in [0.3, 0.4) is 0 Å². The zero-order valence-corrected chi connectivity index (χ0v) is 12.2. The highest BCUT2D eigenvalue weighted by molar-refractivity contribution is 6.44. The van der Waals surface area contributed by atoms with E-state index < -0.39 is 6.04 Å². The summed E-state index contributed by atoms with van der Waals surface area (Å²) < 4.78 is 0. The lowest BCUT2D eigenvalue weighted by Gasteiger charge is -2.19. The average Bonchev–Trinajstić information content (AvgIpc) is 3.00. The number of halogens is 2. The minimum absolute atomic E-state index is 0.210. The van der Waals surface area contributed by atoms with E-state index in [1.165, 1.54) is 17.4 Å². The highest BCUT2D eigenvalue weighted by Crippen LogP contribution is 2.29. The summed E-state index contributed by atoms with van der Waals surface area (Å²) >= 11 is 12.1. The molecule has 1 aliphatic rings. The van der Waals surface area contributed by atoms with Crippen LogP contribution in [0, 0.1) is 0 Å². The molecule has 2 aromatic rings. The fourth-order valence-corrected chi connectivity index (χ4v) is 2.40. The monoisotopic (exact) mass is 321 g/mol. The number of benzene rings is 1. The van der Waals surface area contributed by atoms with Crippen LogP contribution >= 0.6 is 23.2 Å². The molecule has 8 heteroatoms. The number of carbonyl (C=O) groups excluding carboxylic acids is 1. The molecule has 1 atom stereocenters. The maximum Gasteiger partial charge on any atom is 0.191 e. The van der Waals surface area contributed by atoms with Gasteiger partial charge in [-0.1, -0.05) is 34.5 Å². The molecule has 1 aliphatic heterocycles. The Morgan fingerprint density at radius 2 is 2.14 bits per heavy atom. The van der Waals surface area contributed by atoms with E-state index in [1.54, 1.807) is 24.4 Å². The van der Waals surface area contributed by atoms with Crippen molar-refractivity contribution in [3.8, 4) is 0 Å². The van der Waals surface area contributed by atoms with Gasteiger partial charge in [0.15, 0.2) is 11.6 Å².